The van der Waals surface area contributed by atoms with Crippen molar-refractivity contribution in [2.45, 2.75) is 64.1 Å². The van der Waals surface area contributed by atoms with Crippen LogP contribution in [0.25, 0.3) is 10.8 Å². The lowest BCUT2D eigenvalue weighted by atomic mass is 9.94. The lowest BCUT2D eigenvalue weighted by Crippen LogP contribution is -2.54. The van der Waals surface area contributed by atoms with Crippen LogP contribution in [0.2, 0.25) is 0 Å². The topological polar surface area (TPSA) is 69.7 Å². The fraction of sp³-hybridized carbons (Fsp3) is 0.306. The molecule has 1 aliphatic carbocycles. The third-order valence-corrected chi connectivity index (χ3v) is 8.64. The lowest BCUT2D eigenvalue weighted by Gasteiger charge is -2.34. The summed E-state index contributed by atoms with van der Waals surface area (Å²) in [6.07, 6.45) is 5.70. The van der Waals surface area contributed by atoms with E-state index in [0.717, 1.165) is 58.8 Å². The molecule has 1 saturated carbocycles. The van der Waals surface area contributed by atoms with Gasteiger partial charge in [-0.15, -0.1) is 0 Å². The molecule has 6 heteroatoms. The number of amides is 3. The van der Waals surface area contributed by atoms with Crippen LogP contribution in [0.4, 0.5) is 5.69 Å². The van der Waals surface area contributed by atoms with E-state index in [4.69, 9.17) is 0 Å². The van der Waals surface area contributed by atoms with E-state index in [1.165, 1.54) is 6.42 Å². The lowest BCUT2D eigenvalue weighted by molar-refractivity contribution is -0.140. The van der Waals surface area contributed by atoms with Gasteiger partial charge in [0.25, 0.3) is 5.91 Å². The number of nitrogens with one attached hydrogen (secondary N) is 1. The second-order valence-corrected chi connectivity index (χ2v) is 11.6. The number of anilines is 1. The number of carbonyl (C=O) groups is 3. The molecule has 0 radical (unpaired) electrons. The first-order valence-corrected chi connectivity index (χ1v) is 15.0. The van der Waals surface area contributed by atoms with Gasteiger partial charge in [-0.1, -0.05) is 104 Å². The summed E-state index contributed by atoms with van der Waals surface area (Å²) in [6.45, 7) is 2.16. The first-order valence-electron chi connectivity index (χ1n) is 15.0. The van der Waals surface area contributed by atoms with Crippen LogP contribution in [0.1, 0.15) is 59.2 Å². The average Bonchev–Trinajstić information content (AvgIpc) is 3.28. The molecule has 0 spiro atoms. The fourth-order valence-electron chi connectivity index (χ4n) is 6.35. The number of aryl methyl sites for hydroxylation is 1. The van der Waals surface area contributed by atoms with Crippen molar-refractivity contribution in [2.75, 3.05) is 11.4 Å². The Labute approximate surface area is 247 Å². The highest BCUT2D eigenvalue weighted by atomic mass is 16.2. The Bertz CT molecular complexity index is 1590. The molecule has 6 nitrogen and oxygen atoms in total. The molecular formula is C36H37N3O3. The second kappa shape index (κ2) is 12.2. The van der Waals surface area contributed by atoms with Crippen molar-refractivity contribution in [3.05, 3.63) is 113 Å². The molecule has 3 amide bonds. The van der Waals surface area contributed by atoms with Crippen molar-refractivity contribution in [3.8, 4) is 0 Å². The second-order valence-electron chi connectivity index (χ2n) is 11.6. The van der Waals surface area contributed by atoms with Gasteiger partial charge in [0.05, 0.1) is 5.69 Å². The number of carbonyl (C=O) groups excluding carboxylic acids is 3. The molecule has 214 valence electrons. The van der Waals surface area contributed by atoms with Crippen LogP contribution in [0, 0.1) is 6.92 Å². The van der Waals surface area contributed by atoms with E-state index < -0.39 is 6.04 Å². The molecule has 1 aliphatic heterocycles. The van der Waals surface area contributed by atoms with E-state index in [2.05, 4.69) is 5.32 Å². The van der Waals surface area contributed by atoms with Gasteiger partial charge in [0.2, 0.25) is 11.8 Å². The van der Waals surface area contributed by atoms with E-state index in [1.807, 2.05) is 97.9 Å². The molecule has 1 unspecified atom stereocenters. The summed E-state index contributed by atoms with van der Waals surface area (Å²) in [4.78, 5) is 45.2. The minimum Gasteiger partial charge on any atom is -0.352 e. The summed E-state index contributed by atoms with van der Waals surface area (Å²) in [5.74, 6) is -0.575. The quantitative estimate of drug-likeness (QED) is 0.266. The zero-order chi connectivity index (χ0) is 29.1. The maximum absolute atomic E-state index is 14.4. The van der Waals surface area contributed by atoms with Crippen LogP contribution < -0.4 is 10.2 Å². The minimum atomic E-state index is -0.723. The largest absolute Gasteiger partial charge is 0.352 e. The van der Waals surface area contributed by atoms with E-state index in [1.54, 1.807) is 9.80 Å². The molecule has 4 aromatic rings. The normalized spacial score (nSPS) is 15.5. The van der Waals surface area contributed by atoms with Crippen molar-refractivity contribution in [2.24, 2.45) is 0 Å². The third-order valence-electron chi connectivity index (χ3n) is 8.64. The summed E-state index contributed by atoms with van der Waals surface area (Å²) in [5, 5.41) is 5.13. The standard InChI is InChI=1S/C36H37N3O3/c1-25-18-20-27(21-19-25)23-38(32(22-26-10-4-2-5-11-26)35(41)37-29-14-6-3-7-15-29)33(40)24-39-31-17-9-13-28-12-8-16-30(34(28)31)36(39)42/h2,4-5,8-13,16-21,29,32H,3,6-7,14-15,22-24H2,1H3,(H,37,41). The predicted octanol–water partition coefficient (Wildman–Crippen LogP) is 6.20. The molecule has 0 bridgehead atoms. The number of benzene rings is 4. The highest BCUT2D eigenvalue weighted by molar-refractivity contribution is 6.26. The molecule has 1 N–H and O–H groups in total. The van der Waals surface area contributed by atoms with Gasteiger partial charge < -0.3 is 10.2 Å². The van der Waals surface area contributed by atoms with Gasteiger partial charge >= 0.3 is 0 Å². The fourth-order valence-corrected chi connectivity index (χ4v) is 6.35. The monoisotopic (exact) mass is 559 g/mol. The number of rotatable bonds is 9. The molecular weight excluding hydrogens is 522 g/mol. The van der Waals surface area contributed by atoms with Crippen LogP contribution in [0.5, 0.6) is 0 Å². The van der Waals surface area contributed by atoms with Crippen LogP contribution in [-0.4, -0.2) is 41.2 Å². The number of nitrogens with zero attached hydrogens (tertiary/aromatic N) is 2. The summed E-state index contributed by atoms with van der Waals surface area (Å²) < 4.78 is 0. The first kappa shape index (κ1) is 27.7. The summed E-state index contributed by atoms with van der Waals surface area (Å²) in [5.41, 5.74) is 4.40. The van der Waals surface area contributed by atoms with Crippen molar-refractivity contribution >= 4 is 34.2 Å². The Morgan fingerprint density at radius 1 is 0.857 bits per heavy atom. The Hall–Kier alpha value is -4.45. The van der Waals surface area contributed by atoms with Crippen LogP contribution in [0.3, 0.4) is 0 Å². The van der Waals surface area contributed by atoms with Gasteiger partial charge in [-0.2, -0.15) is 0 Å². The average molecular weight is 560 g/mol. The molecule has 0 aromatic heterocycles. The van der Waals surface area contributed by atoms with E-state index >= 15 is 0 Å². The molecule has 42 heavy (non-hydrogen) atoms. The molecule has 2 aliphatic rings. The number of hydrogen-bond acceptors (Lipinski definition) is 3. The highest BCUT2D eigenvalue weighted by Crippen LogP contribution is 2.37. The summed E-state index contributed by atoms with van der Waals surface area (Å²) >= 11 is 0. The molecule has 1 heterocycles. The minimum absolute atomic E-state index is 0.119. The van der Waals surface area contributed by atoms with Gasteiger partial charge in [0.1, 0.15) is 12.6 Å². The predicted molar refractivity (Wildman–Crippen MR) is 166 cm³/mol. The van der Waals surface area contributed by atoms with E-state index in [9.17, 15) is 14.4 Å². The van der Waals surface area contributed by atoms with Gasteiger partial charge in [-0.05, 0) is 48.4 Å². The SMILES string of the molecule is Cc1ccc(CN(C(=O)CN2C(=O)c3cccc4cccc2c34)C(Cc2ccccc2)C(=O)NC2CCCCC2)cc1. The van der Waals surface area contributed by atoms with Gasteiger partial charge in [0, 0.05) is 30.0 Å². The van der Waals surface area contributed by atoms with Crippen LogP contribution in [-0.2, 0) is 22.6 Å². The smallest absolute Gasteiger partial charge is 0.259 e. The Kier molecular flexibility index (Phi) is 8.04. The molecule has 6 rings (SSSR count). The summed E-state index contributed by atoms with van der Waals surface area (Å²) in [7, 11) is 0. The van der Waals surface area contributed by atoms with Crippen molar-refractivity contribution in [1.29, 1.82) is 0 Å². The zero-order valence-corrected chi connectivity index (χ0v) is 24.1. The van der Waals surface area contributed by atoms with Gasteiger partial charge in [-0.25, -0.2) is 0 Å². The van der Waals surface area contributed by atoms with Gasteiger partial charge in [-0.3, -0.25) is 19.3 Å². The molecule has 1 fully saturated rings. The van der Waals surface area contributed by atoms with Crippen molar-refractivity contribution in [1.82, 2.24) is 10.2 Å². The summed E-state index contributed by atoms with van der Waals surface area (Å²) in [6, 6.07) is 28.8. The molecule has 1 atom stereocenters. The first-order chi connectivity index (χ1) is 20.5. The Morgan fingerprint density at radius 3 is 2.31 bits per heavy atom. The Balaban J connectivity index is 1.34. The molecule has 0 saturated heterocycles. The Morgan fingerprint density at radius 2 is 1.57 bits per heavy atom. The van der Waals surface area contributed by atoms with Crippen molar-refractivity contribution in [3.63, 3.8) is 0 Å². The maximum Gasteiger partial charge on any atom is 0.259 e. The van der Waals surface area contributed by atoms with Crippen molar-refractivity contribution < 1.29 is 14.4 Å². The van der Waals surface area contributed by atoms with Crippen LogP contribution in [0.15, 0.2) is 91.0 Å². The third kappa shape index (κ3) is 5.80. The van der Waals surface area contributed by atoms with E-state index in [0.29, 0.717) is 12.0 Å². The number of hydrogen-bond donors (Lipinski definition) is 1. The maximum atomic E-state index is 14.4. The van der Waals surface area contributed by atoms with E-state index in [-0.39, 0.29) is 36.9 Å². The molecule has 4 aromatic carbocycles. The zero-order valence-electron chi connectivity index (χ0n) is 24.1. The highest BCUT2D eigenvalue weighted by Gasteiger charge is 2.36. The van der Waals surface area contributed by atoms with Crippen LogP contribution >= 0.6 is 0 Å². The van der Waals surface area contributed by atoms with Gasteiger partial charge in [0.15, 0.2) is 0 Å².